The molecule has 3 amide bonds. The van der Waals surface area contributed by atoms with E-state index in [1.54, 1.807) is 48.5 Å². The number of imide groups is 1. The first-order valence-electron chi connectivity index (χ1n) is 10.6. The van der Waals surface area contributed by atoms with E-state index in [-0.39, 0.29) is 12.5 Å². The Morgan fingerprint density at radius 3 is 2.36 bits per heavy atom. The molecule has 0 aliphatic carbocycles. The fourth-order valence-corrected chi connectivity index (χ4v) is 4.42. The fourth-order valence-electron chi connectivity index (χ4n) is 3.42. The number of carbonyl (C=O) groups excluding carboxylic acids is 3. The number of thiazole rings is 1. The van der Waals surface area contributed by atoms with Crippen LogP contribution in [-0.4, -0.2) is 41.0 Å². The molecule has 2 heterocycles. The summed E-state index contributed by atoms with van der Waals surface area (Å²) in [6.45, 7) is 4.55. The van der Waals surface area contributed by atoms with E-state index in [4.69, 9.17) is 9.57 Å². The number of carbonyl (C=O) groups is 3. The third-order valence-corrected chi connectivity index (χ3v) is 6.20. The largest absolute Gasteiger partial charge is 0.494 e. The van der Waals surface area contributed by atoms with Crippen LogP contribution in [0.3, 0.4) is 0 Å². The lowest BCUT2D eigenvalue weighted by atomic mass is 10.1. The maximum absolute atomic E-state index is 12.5. The van der Waals surface area contributed by atoms with Crippen molar-refractivity contribution in [3.63, 3.8) is 0 Å². The second-order valence-electron chi connectivity index (χ2n) is 7.33. The number of amides is 3. The molecule has 0 atom stereocenters. The zero-order chi connectivity index (χ0) is 23.4. The Balaban J connectivity index is 1.28. The summed E-state index contributed by atoms with van der Waals surface area (Å²) in [5.74, 6) is -0.412. The van der Waals surface area contributed by atoms with Crippen molar-refractivity contribution in [1.29, 1.82) is 0 Å². The average Bonchev–Trinajstić information content (AvgIpc) is 3.28. The molecule has 0 bridgehead atoms. The predicted octanol–water partition coefficient (Wildman–Crippen LogP) is 4.26. The molecule has 0 fully saturated rings. The van der Waals surface area contributed by atoms with Gasteiger partial charge in [0.15, 0.2) is 5.13 Å². The summed E-state index contributed by atoms with van der Waals surface area (Å²) in [5, 5.41) is 4.17. The van der Waals surface area contributed by atoms with Crippen LogP contribution < -0.4 is 10.1 Å². The first-order valence-corrected chi connectivity index (χ1v) is 11.4. The smallest absolute Gasteiger partial charge is 0.285 e. The minimum atomic E-state index is -0.441. The summed E-state index contributed by atoms with van der Waals surface area (Å²) in [4.78, 5) is 48.0. The van der Waals surface area contributed by atoms with Gasteiger partial charge in [-0.25, -0.2) is 4.98 Å². The van der Waals surface area contributed by atoms with Crippen molar-refractivity contribution >= 4 is 34.2 Å². The predicted molar refractivity (Wildman–Crippen MR) is 124 cm³/mol. The summed E-state index contributed by atoms with van der Waals surface area (Å²) in [6.07, 6.45) is 1.23. The van der Waals surface area contributed by atoms with Gasteiger partial charge in [0.2, 0.25) is 0 Å². The SMILES string of the molecule is CCOc1ccc(C(=O)Nc2nc(C)c(CCCON3C(=O)c4ccccc4C3=O)s2)cc1. The number of benzene rings is 2. The van der Waals surface area contributed by atoms with Gasteiger partial charge in [-0.2, -0.15) is 0 Å². The maximum Gasteiger partial charge on any atom is 0.285 e. The second-order valence-corrected chi connectivity index (χ2v) is 8.41. The van der Waals surface area contributed by atoms with E-state index in [0.717, 1.165) is 15.6 Å². The Morgan fingerprint density at radius 2 is 1.73 bits per heavy atom. The molecule has 0 radical (unpaired) electrons. The summed E-state index contributed by atoms with van der Waals surface area (Å²) < 4.78 is 5.39. The van der Waals surface area contributed by atoms with Crippen LogP contribution >= 0.6 is 11.3 Å². The van der Waals surface area contributed by atoms with Crippen molar-refractivity contribution in [2.75, 3.05) is 18.5 Å². The molecule has 170 valence electrons. The number of rotatable bonds is 9. The molecular weight excluding hydrogens is 442 g/mol. The van der Waals surface area contributed by atoms with E-state index in [9.17, 15) is 14.4 Å². The molecule has 3 aromatic rings. The van der Waals surface area contributed by atoms with Gasteiger partial charge in [-0.3, -0.25) is 24.5 Å². The Morgan fingerprint density at radius 1 is 1.06 bits per heavy atom. The molecule has 2 aromatic carbocycles. The molecule has 8 nitrogen and oxygen atoms in total. The van der Waals surface area contributed by atoms with Gasteiger partial charge in [0.05, 0.1) is 30.0 Å². The molecule has 33 heavy (non-hydrogen) atoms. The molecule has 1 aliphatic rings. The Bertz CT molecular complexity index is 1150. The normalized spacial score (nSPS) is 12.7. The van der Waals surface area contributed by atoms with E-state index in [2.05, 4.69) is 10.3 Å². The number of hydrogen-bond acceptors (Lipinski definition) is 7. The Kier molecular flexibility index (Phi) is 6.81. The van der Waals surface area contributed by atoms with Crippen LogP contribution in [0.5, 0.6) is 5.75 Å². The monoisotopic (exact) mass is 465 g/mol. The van der Waals surface area contributed by atoms with Crippen molar-refractivity contribution in [3.05, 3.63) is 75.8 Å². The lowest BCUT2D eigenvalue weighted by Crippen LogP contribution is -2.30. The Hall–Kier alpha value is -3.56. The van der Waals surface area contributed by atoms with Gasteiger partial charge in [-0.05, 0) is 63.1 Å². The van der Waals surface area contributed by atoms with Crippen LogP contribution in [0.2, 0.25) is 0 Å². The minimum Gasteiger partial charge on any atom is -0.494 e. The third kappa shape index (κ3) is 4.94. The van der Waals surface area contributed by atoms with Gasteiger partial charge >= 0.3 is 0 Å². The van der Waals surface area contributed by atoms with Crippen LogP contribution in [0.4, 0.5) is 5.13 Å². The topological polar surface area (TPSA) is 97.8 Å². The maximum atomic E-state index is 12.5. The van der Waals surface area contributed by atoms with Crippen molar-refractivity contribution in [2.24, 2.45) is 0 Å². The van der Waals surface area contributed by atoms with Gasteiger partial charge < -0.3 is 4.74 Å². The van der Waals surface area contributed by atoms with Crippen LogP contribution in [0.1, 0.15) is 55.0 Å². The third-order valence-electron chi connectivity index (χ3n) is 5.07. The summed E-state index contributed by atoms with van der Waals surface area (Å²) in [5.41, 5.74) is 2.05. The van der Waals surface area contributed by atoms with Crippen molar-refractivity contribution < 1.29 is 24.0 Å². The number of hydrogen-bond donors (Lipinski definition) is 1. The van der Waals surface area contributed by atoms with Gasteiger partial charge in [0.1, 0.15) is 5.75 Å². The summed E-state index contributed by atoms with van der Waals surface area (Å²) in [6, 6.07) is 13.6. The highest BCUT2D eigenvalue weighted by molar-refractivity contribution is 7.15. The quantitative estimate of drug-likeness (QED) is 0.375. The molecule has 0 unspecified atom stereocenters. The zero-order valence-electron chi connectivity index (χ0n) is 18.3. The minimum absolute atomic E-state index is 0.205. The number of ether oxygens (including phenoxy) is 1. The van der Waals surface area contributed by atoms with E-state index in [1.807, 2.05) is 13.8 Å². The number of hydroxylamine groups is 2. The number of nitrogens with zero attached hydrogens (tertiary/aromatic N) is 2. The molecule has 1 N–H and O–H groups in total. The van der Waals surface area contributed by atoms with E-state index < -0.39 is 11.8 Å². The molecule has 4 rings (SSSR count). The highest BCUT2D eigenvalue weighted by Crippen LogP contribution is 2.26. The molecule has 1 aromatic heterocycles. The summed E-state index contributed by atoms with van der Waals surface area (Å²) in [7, 11) is 0. The second kappa shape index (κ2) is 9.93. The number of nitrogens with one attached hydrogen (secondary N) is 1. The van der Waals surface area contributed by atoms with E-state index in [0.29, 0.717) is 47.0 Å². The van der Waals surface area contributed by atoms with Crippen LogP contribution in [0.15, 0.2) is 48.5 Å². The highest BCUT2D eigenvalue weighted by Gasteiger charge is 2.36. The van der Waals surface area contributed by atoms with Crippen LogP contribution in [0.25, 0.3) is 0 Å². The number of fused-ring (bicyclic) bond motifs is 1. The van der Waals surface area contributed by atoms with Gasteiger partial charge in [-0.15, -0.1) is 16.4 Å². The number of aryl methyl sites for hydroxylation is 2. The first kappa shape index (κ1) is 22.6. The highest BCUT2D eigenvalue weighted by atomic mass is 32.1. The zero-order valence-corrected chi connectivity index (χ0v) is 19.1. The van der Waals surface area contributed by atoms with Crippen LogP contribution in [0, 0.1) is 6.92 Å². The number of aromatic nitrogens is 1. The summed E-state index contributed by atoms with van der Waals surface area (Å²) >= 11 is 1.40. The van der Waals surface area contributed by atoms with Crippen molar-refractivity contribution in [3.8, 4) is 5.75 Å². The van der Waals surface area contributed by atoms with Gasteiger partial charge in [0, 0.05) is 10.4 Å². The van der Waals surface area contributed by atoms with Crippen molar-refractivity contribution in [1.82, 2.24) is 10.0 Å². The van der Waals surface area contributed by atoms with Gasteiger partial charge in [-0.1, -0.05) is 12.1 Å². The molecule has 0 saturated heterocycles. The average molecular weight is 466 g/mol. The lowest BCUT2D eigenvalue weighted by Gasteiger charge is -2.12. The molecule has 0 spiro atoms. The first-order chi connectivity index (χ1) is 16.0. The number of anilines is 1. The Labute approximate surface area is 195 Å². The van der Waals surface area contributed by atoms with Gasteiger partial charge in [0.25, 0.3) is 17.7 Å². The molecule has 9 heteroatoms. The lowest BCUT2D eigenvalue weighted by molar-refractivity contribution is -0.0918. The van der Waals surface area contributed by atoms with Crippen molar-refractivity contribution in [2.45, 2.75) is 26.7 Å². The van der Waals surface area contributed by atoms with E-state index >= 15 is 0 Å². The standard InChI is InChI=1S/C24H23N3O5S/c1-3-31-17-12-10-16(11-13-17)21(28)26-24-25-15(2)20(33-24)9-6-14-32-27-22(29)18-7-4-5-8-19(18)23(27)30/h4-5,7-8,10-13H,3,6,9,14H2,1-2H3,(H,25,26,28). The molecule has 1 aliphatic heterocycles. The molecule has 0 saturated carbocycles. The fraction of sp³-hybridized carbons (Fsp3) is 0.250. The molecular formula is C24H23N3O5S. The van der Waals surface area contributed by atoms with E-state index in [1.165, 1.54) is 11.3 Å². The van der Waals surface area contributed by atoms with Crippen LogP contribution in [-0.2, 0) is 11.3 Å².